The topological polar surface area (TPSA) is 42.2 Å². The maximum absolute atomic E-state index is 11.4. The molecule has 0 spiro atoms. The number of carbonyl (C=O) groups is 1. The fraction of sp³-hybridized carbons (Fsp3) is 0.438. The fourth-order valence-corrected chi connectivity index (χ4v) is 3.23. The van der Waals surface area contributed by atoms with Crippen molar-refractivity contribution in [2.45, 2.75) is 44.6 Å². The van der Waals surface area contributed by atoms with Crippen LogP contribution in [0.25, 0.3) is 10.9 Å². The molecule has 3 nitrogen and oxygen atoms in total. The number of aromatic carboxylic acids is 1. The van der Waals surface area contributed by atoms with Crippen molar-refractivity contribution < 1.29 is 9.90 Å². The van der Waals surface area contributed by atoms with Gasteiger partial charge in [-0.2, -0.15) is 0 Å². The standard InChI is InChI=1S/C16H19NO2/c18-16(19)14-9-5-6-12-10-11-17(15(12)14)13-7-3-1-2-4-8-13/h5-6,9-11,13H,1-4,7-8H2,(H,18,19). The summed E-state index contributed by atoms with van der Waals surface area (Å²) in [7, 11) is 0. The highest BCUT2D eigenvalue weighted by molar-refractivity contribution is 6.02. The molecule has 3 rings (SSSR count). The summed E-state index contributed by atoms with van der Waals surface area (Å²) in [4.78, 5) is 11.4. The molecule has 2 aromatic rings. The molecule has 0 bridgehead atoms. The quantitative estimate of drug-likeness (QED) is 0.818. The number of hydrogen-bond donors (Lipinski definition) is 1. The summed E-state index contributed by atoms with van der Waals surface area (Å²) in [5.41, 5.74) is 1.31. The third-order valence-corrected chi connectivity index (χ3v) is 4.19. The zero-order chi connectivity index (χ0) is 13.2. The lowest BCUT2D eigenvalue weighted by atomic mass is 10.1. The number of benzene rings is 1. The van der Waals surface area contributed by atoms with E-state index in [1.54, 1.807) is 6.07 Å². The van der Waals surface area contributed by atoms with Gasteiger partial charge in [0, 0.05) is 17.6 Å². The average molecular weight is 257 g/mol. The zero-order valence-electron chi connectivity index (χ0n) is 11.0. The second-order valence-corrected chi connectivity index (χ2v) is 5.42. The van der Waals surface area contributed by atoms with Gasteiger partial charge in [0.2, 0.25) is 0 Å². The molecular weight excluding hydrogens is 238 g/mol. The van der Waals surface area contributed by atoms with Crippen LogP contribution in [0.4, 0.5) is 0 Å². The number of hydrogen-bond acceptors (Lipinski definition) is 1. The largest absolute Gasteiger partial charge is 0.478 e. The van der Waals surface area contributed by atoms with Gasteiger partial charge in [0.25, 0.3) is 0 Å². The van der Waals surface area contributed by atoms with Crippen LogP contribution in [0.15, 0.2) is 30.5 Å². The number of fused-ring (bicyclic) bond motifs is 1. The Morgan fingerprint density at radius 2 is 1.84 bits per heavy atom. The van der Waals surface area contributed by atoms with Crippen molar-refractivity contribution in [3.63, 3.8) is 0 Å². The number of nitrogens with zero attached hydrogens (tertiary/aromatic N) is 1. The van der Waals surface area contributed by atoms with Crippen LogP contribution in [-0.4, -0.2) is 15.6 Å². The van der Waals surface area contributed by atoms with E-state index >= 15 is 0 Å². The van der Waals surface area contributed by atoms with E-state index in [2.05, 4.69) is 10.8 Å². The highest BCUT2D eigenvalue weighted by Crippen LogP contribution is 2.32. The van der Waals surface area contributed by atoms with E-state index in [0.717, 1.165) is 23.7 Å². The van der Waals surface area contributed by atoms with Gasteiger partial charge < -0.3 is 9.67 Å². The predicted molar refractivity (Wildman–Crippen MR) is 75.6 cm³/mol. The van der Waals surface area contributed by atoms with E-state index in [4.69, 9.17) is 0 Å². The van der Waals surface area contributed by atoms with Gasteiger partial charge in [-0.3, -0.25) is 0 Å². The first-order chi connectivity index (χ1) is 9.27. The summed E-state index contributed by atoms with van der Waals surface area (Å²) in [6, 6.07) is 8.02. The van der Waals surface area contributed by atoms with E-state index in [1.807, 2.05) is 18.2 Å². The van der Waals surface area contributed by atoms with Crippen molar-refractivity contribution in [3.8, 4) is 0 Å². The van der Waals surface area contributed by atoms with Crippen LogP contribution >= 0.6 is 0 Å². The van der Waals surface area contributed by atoms with E-state index in [0.29, 0.717) is 11.6 Å². The lowest BCUT2D eigenvalue weighted by Gasteiger charge is -2.18. The minimum Gasteiger partial charge on any atom is -0.478 e. The van der Waals surface area contributed by atoms with Gasteiger partial charge in [0.15, 0.2) is 0 Å². The molecule has 0 unspecified atom stereocenters. The van der Waals surface area contributed by atoms with Gasteiger partial charge >= 0.3 is 5.97 Å². The highest BCUT2D eigenvalue weighted by atomic mass is 16.4. The zero-order valence-corrected chi connectivity index (χ0v) is 11.0. The first-order valence-electron chi connectivity index (χ1n) is 7.10. The minimum absolute atomic E-state index is 0.423. The Morgan fingerprint density at radius 1 is 1.11 bits per heavy atom. The Morgan fingerprint density at radius 3 is 2.53 bits per heavy atom. The van der Waals surface area contributed by atoms with E-state index in [-0.39, 0.29) is 0 Å². The summed E-state index contributed by atoms with van der Waals surface area (Å²) in [6.07, 6.45) is 9.50. The molecule has 0 saturated heterocycles. The SMILES string of the molecule is O=C(O)c1cccc2ccn(C3CCCCCC3)c12. The maximum atomic E-state index is 11.4. The van der Waals surface area contributed by atoms with Gasteiger partial charge in [-0.25, -0.2) is 4.79 Å². The average Bonchev–Trinajstić information content (AvgIpc) is 2.66. The minimum atomic E-state index is -0.834. The molecule has 0 radical (unpaired) electrons. The second kappa shape index (κ2) is 5.08. The smallest absolute Gasteiger partial charge is 0.337 e. The van der Waals surface area contributed by atoms with Crippen LogP contribution in [-0.2, 0) is 0 Å². The lowest BCUT2D eigenvalue weighted by molar-refractivity contribution is 0.0698. The van der Waals surface area contributed by atoms with Gasteiger partial charge in [-0.05, 0) is 25.0 Å². The maximum Gasteiger partial charge on any atom is 0.337 e. The van der Waals surface area contributed by atoms with Gasteiger partial charge in [0.05, 0.1) is 11.1 Å². The molecule has 19 heavy (non-hydrogen) atoms. The van der Waals surface area contributed by atoms with Crippen molar-refractivity contribution in [1.82, 2.24) is 4.57 Å². The fourth-order valence-electron chi connectivity index (χ4n) is 3.23. The molecule has 3 heteroatoms. The van der Waals surface area contributed by atoms with Crippen molar-refractivity contribution >= 4 is 16.9 Å². The van der Waals surface area contributed by atoms with Crippen LogP contribution < -0.4 is 0 Å². The molecule has 0 amide bonds. The highest BCUT2D eigenvalue weighted by Gasteiger charge is 2.19. The summed E-state index contributed by atoms with van der Waals surface area (Å²) >= 11 is 0. The van der Waals surface area contributed by atoms with Crippen molar-refractivity contribution in [2.24, 2.45) is 0 Å². The Balaban J connectivity index is 2.10. The predicted octanol–water partition coefficient (Wildman–Crippen LogP) is 4.23. The van der Waals surface area contributed by atoms with Gasteiger partial charge in [-0.1, -0.05) is 37.8 Å². The lowest BCUT2D eigenvalue weighted by Crippen LogP contribution is -2.09. The second-order valence-electron chi connectivity index (χ2n) is 5.42. The van der Waals surface area contributed by atoms with Crippen LogP contribution in [0.3, 0.4) is 0 Å². The molecule has 0 aliphatic heterocycles. The Labute approximate surface area is 112 Å². The third kappa shape index (κ3) is 2.25. The summed E-state index contributed by atoms with van der Waals surface area (Å²) < 4.78 is 2.20. The molecule has 1 saturated carbocycles. The number of carboxylic acid groups (broad SMARTS) is 1. The molecule has 100 valence electrons. The van der Waals surface area contributed by atoms with E-state index in [1.165, 1.54) is 25.7 Å². The summed E-state index contributed by atoms with van der Waals surface area (Å²) in [5, 5.41) is 10.4. The van der Waals surface area contributed by atoms with Crippen molar-refractivity contribution in [3.05, 3.63) is 36.0 Å². The summed E-state index contributed by atoms with van der Waals surface area (Å²) in [5.74, 6) is -0.834. The number of para-hydroxylation sites is 1. The van der Waals surface area contributed by atoms with Gasteiger partial charge in [-0.15, -0.1) is 0 Å². The number of carboxylic acids is 1. The van der Waals surface area contributed by atoms with Gasteiger partial charge in [0.1, 0.15) is 0 Å². The first kappa shape index (κ1) is 12.3. The third-order valence-electron chi connectivity index (χ3n) is 4.19. The normalized spacial score (nSPS) is 17.5. The molecule has 1 fully saturated rings. The Hall–Kier alpha value is -1.77. The number of rotatable bonds is 2. The monoisotopic (exact) mass is 257 g/mol. The molecule has 1 aromatic heterocycles. The Bertz CT molecular complexity index is 592. The van der Waals surface area contributed by atoms with Crippen molar-refractivity contribution in [2.75, 3.05) is 0 Å². The number of aromatic nitrogens is 1. The van der Waals surface area contributed by atoms with E-state index in [9.17, 15) is 9.90 Å². The molecule has 1 aromatic carbocycles. The van der Waals surface area contributed by atoms with Crippen molar-refractivity contribution in [1.29, 1.82) is 0 Å². The molecule has 0 atom stereocenters. The Kier molecular flexibility index (Phi) is 3.28. The first-order valence-corrected chi connectivity index (χ1v) is 7.10. The summed E-state index contributed by atoms with van der Waals surface area (Å²) in [6.45, 7) is 0. The molecule has 1 aliphatic rings. The molecule has 1 aliphatic carbocycles. The van der Waals surface area contributed by atoms with E-state index < -0.39 is 5.97 Å². The molecule has 1 heterocycles. The van der Waals surface area contributed by atoms with Crippen LogP contribution in [0.2, 0.25) is 0 Å². The van der Waals surface area contributed by atoms with Crippen LogP contribution in [0, 0.1) is 0 Å². The van der Waals surface area contributed by atoms with Crippen LogP contribution in [0.5, 0.6) is 0 Å². The molecule has 1 N–H and O–H groups in total. The molecular formula is C16H19NO2. The van der Waals surface area contributed by atoms with Crippen LogP contribution in [0.1, 0.15) is 54.9 Å².